The summed E-state index contributed by atoms with van der Waals surface area (Å²) in [6.07, 6.45) is -0.653. The fraction of sp³-hybridized carbons (Fsp3) is 0.400. The molecule has 1 N–H and O–H groups in total. The zero-order valence-electron chi connectivity index (χ0n) is 12.3. The van der Waals surface area contributed by atoms with Crippen molar-refractivity contribution in [2.24, 2.45) is 0 Å². The van der Waals surface area contributed by atoms with E-state index >= 15 is 0 Å². The van der Waals surface area contributed by atoms with E-state index in [1.54, 1.807) is 0 Å². The Morgan fingerprint density at radius 2 is 1.57 bits per heavy atom. The molecule has 1 unspecified atom stereocenters. The van der Waals surface area contributed by atoms with E-state index in [9.17, 15) is 14.4 Å². The average molecular weight is 296 g/mol. The van der Waals surface area contributed by atoms with E-state index in [0.717, 1.165) is 0 Å². The fourth-order valence-corrected chi connectivity index (χ4v) is 1.22. The number of ether oxygens (including phenoxy) is 2. The molecule has 0 saturated carbocycles. The summed E-state index contributed by atoms with van der Waals surface area (Å²) in [6.45, 7) is 13.2. The molecular formula is C15H20O6. The van der Waals surface area contributed by atoms with Crippen molar-refractivity contribution in [1.29, 1.82) is 0 Å². The Morgan fingerprint density at radius 3 is 2.00 bits per heavy atom. The Balaban J connectivity index is 4.57. The average Bonchev–Trinajstić information content (AvgIpc) is 2.37. The van der Waals surface area contributed by atoms with Crippen molar-refractivity contribution in [3.63, 3.8) is 0 Å². The van der Waals surface area contributed by atoms with Crippen molar-refractivity contribution in [2.45, 2.75) is 32.8 Å². The Labute approximate surface area is 123 Å². The number of aliphatic carboxylic acids is 1. The molecule has 0 aromatic rings. The van der Waals surface area contributed by atoms with Crippen LogP contribution in [0.3, 0.4) is 0 Å². The number of carboxylic acid groups (broad SMARTS) is 1. The molecule has 21 heavy (non-hydrogen) atoms. The van der Waals surface area contributed by atoms with Gasteiger partial charge in [-0.15, -0.1) is 0 Å². The Morgan fingerprint density at radius 1 is 1.05 bits per heavy atom. The molecule has 0 radical (unpaired) electrons. The van der Waals surface area contributed by atoms with Crippen molar-refractivity contribution >= 4 is 17.9 Å². The molecule has 6 heteroatoms. The molecule has 6 nitrogen and oxygen atoms in total. The van der Waals surface area contributed by atoms with Crippen LogP contribution in [-0.2, 0) is 23.9 Å². The van der Waals surface area contributed by atoms with Crippen LogP contribution < -0.4 is 0 Å². The lowest BCUT2D eigenvalue weighted by Crippen LogP contribution is -2.23. The SMILES string of the molecule is C=C(C)C(=O)OCCC(CC(=C)C(=O)O)OC(=O)C(=C)C. The number of carbonyl (C=O) groups is 3. The van der Waals surface area contributed by atoms with Crippen LogP contribution in [-0.4, -0.2) is 35.7 Å². The molecule has 0 heterocycles. The second kappa shape index (κ2) is 8.73. The summed E-state index contributed by atoms with van der Waals surface area (Å²) in [6, 6.07) is 0. The third-order valence-corrected chi connectivity index (χ3v) is 2.42. The minimum Gasteiger partial charge on any atom is -0.478 e. The van der Waals surface area contributed by atoms with Gasteiger partial charge in [0, 0.05) is 29.6 Å². The molecule has 0 aliphatic rings. The van der Waals surface area contributed by atoms with Crippen molar-refractivity contribution in [3.8, 4) is 0 Å². The topological polar surface area (TPSA) is 89.9 Å². The second-order valence-electron chi connectivity index (χ2n) is 4.63. The van der Waals surface area contributed by atoms with Crippen LogP contribution in [0.4, 0.5) is 0 Å². The molecule has 0 fully saturated rings. The van der Waals surface area contributed by atoms with Gasteiger partial charge in [-0.3, -0.25) is 0 Å². The number of hydrogen-bond acceptors (Lipinski definition) is 5. The third kappa shape index (κ3) is 7.71. The van der Waals surface area contributed by atoms with E-state index in [2.05, 4.69) is 19.7 Å². The number of hydrogen-bond donors (Lipinski definition) is 1. The zero-order chi connectivity index (χ0) is 16.6. The summed E-state index contributed by atoms with van der Waals surface area (Å²) in [5.74, 6) is -2.37. The van der Waals surface area contributed by atoms with Gasteiger partial charge in [-0.05, 0) is 13.8 Å². The van der Waals surface area contributed by atoms with E-state index in [0.29, 0.717) is 0 Å². The first-order chi connectivity index (χ1) is 9.65. The largest absolute Gasteiger partial charge is 0.478 e. The van der Waals surface area contributed by atoms with Gasteiger partial charge in [0.15, 0.2) is 0 Å². The maximum Gasteiger partial charge on any atom is 0.333 e. The smallest absolute Gasteiger partial charge is 0.333 e. The summed E-state index contributed by atoms with van der Waals surface area (Å²) in [4.78, 5) is 33.5. The highest BCUT2D eigenvalue weighted by molar-refractivity contribution is 5.88. The summed E-state index contributed by atoms with van der Waals surface area (Å²) >= 11 is 0. The van der Waals surface area contributed by atoms with E-state index < -0.39 is 24.0 Å². The Hall–Kier alpha value is -2.37. The molecule has 116 valence electrons. The highest BCUT2D eigenvalue weighted by Gasteiger charge is 2.19. The van der Waals surface area contributed by atoms with Crippen LogP contribution in [0.1, 0.15) is 26.7 Å². The standard InChI is InChI=1S/C15H20O6/c1-9(2)14(18)20-7-6-12(8-11(5)13(16)17)21-15(19)10(3)4/h12H,1,3,5-8H2,2,4H3,(H,16,17). The van der Waals surface area contributed by atoms with Gasteiger partial charge in [-0.2, -0.15) is 0 Å². The van der Waals surface area contributed by atoms with Crippen molar-refractivity contribution in [3.05, 3.63) is 36.5 Å². The quantitative estimate of drug-likeness (QED) is 0.517. The van der Waals surface area contributed by atoms with Gasteiger partial charge in [0.25, 0.3) is 0 Å². The summed E-state index contributed by atoms with van der Waals surface area (Å²) in [5, 5.41) is 8.81. The second-order valence-corrected chi connectivity index (χ2v) is 4.63. The van der Waals surface area contributed by atoms with Gasteiger partial charge in [-0.25, -0.2) is 14.4 Å². The summed E-state index contributed by atoms with van der Waals surface area (Å²) in [7, 11) is 0. The molecule has 0 rings (SSSR count). The Kier molecular flexibility index (Phi) is 7.75. The minimum atomic E-state index is -1.18. The number of esters is 2. The molecule has 0 saturated heterocycles. The number of carboxylic acids is 1. The van der Waals surface area contributed by atoms with Crippen molar-refractivity contribution in [2.75, 3.05) is 6.61 Å². The lowest BCUT2D eigenvalue weighted by molar-refractivity contribution is -0.147. The van der Waals surface area contributed by atoms with E-state index in [1.807, 2.05) is 0 Å². The Bertz CT molecular complexity index is 447. The fourth-order valence-electron chi connectivity index (χ4n) is 1.22. The lowest BCUT2D eigenvalue weighted by Gasteiger charge is -2.18. The highest BCUT2D eigenvalue weighted by Crippen LogP contribution is 2.13. The van der Waals surface area contributed by atoms with E-state index in [-0.39, 0.29) is 36.2 Å². The lowest BCUT2D eigenvalue weighted by atomic mass is 10.1. The van der Waals surface area contributed by atoms with Gasteiger partial charge < -0.3 is 14.6 Å². The number of rotatable bonds is 9. The first kappa shape index (κ1) is 18.6. The third-order valence-electron chi connectivity index (χ3n) is 2.42. The minimum absolute atomic E-state index is 0.0211. The van der Waals surface area contributed by atoms with Crippen LogP contribution in [0.5, 0.6) is 0 Å². The highest BCUT2D eigenvalue weighted by atomic mass is 16.6. The molecular weight excluding hydrogens is 276 g/mol. The number of carbonyl (C=O) groups excluding carboxylic acids is 2. The van der Waals surface area contributed by atoms with Gasteiger partial charge in [0.05, 0.1) is 6.61 Å². The van der Waals surface area contributed by atoms with Crippen LogP contribution in [0.25, 0.3) is 0 Å². The molecule has 0 aromatic heterocycles. The molecule has 0 amide bonds. The van der Waals surface area contributed by atoms with E-state index in [4.69, 9.17) is 14.6 Å². The predicted molar refractivity (Wildman–Crippen MR) is 76.5 cm³/mol. The molecule has 0 aliphatic heterocycles. The van der Waals surface area contributed by atoms with Gasteiger partial charge in [0.2, 0.25) is 0 Å². The monoisotopic (exact) mass is 296 g/mol. The van der Waals surface area contributed by atoms with Crippen LogP contribution in [0.15, 0.2) is 36.5 Å². The van der Waals surface area contributed by atoms with Crippen LogP contribution >= 0.6 is 0 Å². The van der Waals surface area contributed by atoms with Crippen molar-refractivity contribution < 1.29 is 29.0 Å². The van der Waals surface area contributed by atoms with Crippen molar-refractivity contribution in [1.82, 2.24) is 0 Å². The molecule has 0 bridgehead atoms. The summed E-state index contributed by atoms with van der Waals surface area (Å²) < 4.78 is 9.99. The van der Waals surface area contributed by atoms with Gasteiger partial charge in [-0.1, -0.05) is 19.7 Å². The van der Waals surface area contributed by atoms with Crippen LogP contribution in [0.2, 0.25) is 0 Å². The van der Waals surface area contributed by atoms with Crippen LogP contribution in [0, 0.1) is 0 Å². The van der Waals surface area contributed by atoms with Gasteiger partial charge >= 0.3 is 17.9 Å². The molecule has 1 atom stereocenters. The zero-order valence-corrected chi connectivity index (χ0v) is 12.3. The molecule has 0 spiro atoms. The molecule has 0 aliphatic carbocycles. The predicted octanol–water partition coefficient (Wildman–Crippen LogP) is 2.01. The van der Waals surface area contributed by atoms with E-state index in [1.165, 1.54) is 13.8 Å². The maximum absolute atomic E-state index is 11.5. The van der Waals surface area contributed by atoms with Gasteiger partial charge in [0.1, 0.15) is 6.10 Å². The normalized spacial score (nSPS) is 11.1. The first-order valence-electron chi connectivity index (χ1n) is 6.25. The maximum atomic E-state index is 11.5. The first-order valence-corrected chi connectivity index (χ1v) is 6.25. The summed E-state index contributed by atoms with van der Waals surface area (Å²) in [5.41, 5.74) is 0.348. The molecule has 0 aromatic carbocycles.